The van der Waals surface area contributed by atoms with Gasteiger partial charge in [0.25, 0.3) is 0 Å². The summed E-state index contributed by atoms with van der Waals surface area (Å²) in [5.41, 5.74) is 3.89. The molecule has 0 atom stereocenters. The zero-order valence-electron chi connectivity index (χ0n) is 17.0. The van der Waals surface area contributed by atoms with Gasteiger partial charge in [0.2, 0.25) is 5.91 Å². The third-order valence-electron chi connectivity index (χ3n) is 4.14. The topological polar surface area (TPSA) is 59.9 Å². The van der Waals surface area contributed by atoms with Crippen LogP contribution >= 0.6 is 39.3 Å². The van der Waals surface area contributed by atoms with Crippen molar-refractivity contribution in [1.29, 1.82) is 0 Å². The molecule has 3 aromatic carbocycles. The number of nitrogens with one attached hydrogen (secondary N) is 1. The van der Waals surface area contributed by atoms with Crippen LogP contribution in [0.25, 0.3) is 0 Å². The molecule has 0 aromatic heterocycles. The van der Waals surface area contributed by atoms with E-state index in [4.69, 9.17) is 21.1 Å². The van der Waals surface area contributed by atoms with Gasteiger partial charge in [0.1, 0.15) is 12.4 Å². The Morgan fingerprint density at radius 2 is 1.97 bits per heavy atom. The summed E-state index contributed by atoms with van der Waals surface area (Å²) in [7, 11) is 1.52. The van der Waals surface area contributed by atoms with Crippen LogP contribution in [0, 0.1) is 5.82 Å². The zero-order valence-corrected chi connectivity index (χ0v) is 20.1. The van der Waals surface area contributed by atoms with Crippen molar-refractivity contribution in [3.05, 3.63) is 87.1 Å². The minimum absolute atomic E-state index is 0.190. The Labute approximate surface area is 203 Å². The van der Waals surface area contributed by atoms with Crippen molar-refractivity contribution in [3.8, 4) is 11.5 Å². The van der Waals surface area contributed by atoms with Crippen LogP contribution in [-0.4, -0.2) is 25.0 Å². The highest BCUT2D eigenvalue weighted by Gasteiger charge is 2.10. The lowest BCUT2D eigenvalue weighted by atomic mass is 10.2. The summed E-state index contributed by atoms with van der Waals surface area (Å²) in [4.78, 5) is 13.0. The first-order valence-corrected chi connectivity index (χ1v) is 11.6. The van der Waals surface area contributed by atoms with Crippen molar-refractivity contribution in [2.75, 3.05) is 12.9 Å². The predicted octanol–water partition coefficient (Wildman–Crippen LogP) is 6.07. The number of amides is 1. The Hall–Kier alpha value is -2.55. The van der Waals surface area contributed by atoms with Gasteiger partial charge in [0, 0.05) is 20.0 Å². The molecule has 0 aliphatic heterocycles. The molecule has 0 saturated carbocycles. The van der Waals surface area contributed by atoms with E-state index in [1.807, 2.05) is 12.1 Å². The molecule has 0 saturated heterocycles. The molecule has 0 aliphatic rings. The van der Waals surface area contributed by atoms with Gasteiger partial charge >= 0.3 is 0 Å². The first kappa shape index (κ1) is 24.1. The number of hydrogen-bond acceptors (Lipinski definition) is 5. The van der Waals surface area contributed by atoms with Crippen molar-refractivity contribution < 1.29 is 18.7 Å². The minimum Gasteiger partial charge on any atom is -0.493 e. The summed E-state index contributed by atoms with van der Waals surface area (Å²) in [6.07, 6.45) is 1.51. The maximum atomic E-state index is 13.3. The molecule has 0 spiro atoms. The molecule has 3 aromatic rings. The number of thioether (sulfide) groups is 1. The van der Waals surface area contributed by atoms with Crippen LogP contribution in [0.1, 0.15) is 11.1 Å². The van der Waals surface area contributed by atoms with Crippen molar-refractivity contribution in [3.63, 3.8) is 0 Å². The average molecular weight is 538 g/mol. The van der Waals surface area contributed by atoms with Crippen molar-refractivity contribution in [2.24, 2.45) is 5.10 Å². The fourth-order valence-corrected chi connectivity index (χ4v) is 3.84. The number of hydrogen-bond donors (Lipinski definition) is 1. The molecule has 32 heavy (non-hydrogen) atoms. The van der Waals surface area contributed by atoms with Gasteiger partial charge in [0.15, 0.2) is 11.5 Å². The lowest BCUT2D eigenvalue weighted by molar-refractivity contribution is -0.118. The molecule has 1 amide bonds. The van der Waals surface area contributed by atoms with Gasteiger partial charge in [-0.15, -0.1) is 11.8 Å². The first-order valence-electron chi connectivity index (χ1n) is 9.39. The second kappa shape index (κ2) is 11.9. The molecule has 0 fully saturated rings. The van der Waals surface area contributed by atoms with Crippen LogP contribution in [0.15, 0.2) is 75.1 Å². The van der Waals surface area contributed by atoms with Crippen molar-refractivity contribution in [2.45, 2.75) is 11.5 Å². The molecular weight excluding hydrogens is 519 g/mol. The number of carbonyl (C=O) groups is 1. The Morgan fingerprint density at radius 3 is 2.69 bits per heavy atom. The number of methoxy groups -OCH3 is 1. The highest BCUT2D eigenvalue weighted by molar-refractivity contribution is 9.10. The normalized spacial score (nSPS) is 10.9. The maximum Gasteiger partial charge on any atom is 0.250 e. The molecule has 0 bridgehead atoms. The largest absolute Gasteiger partial charge is 0.493 e. The minimum atomic E-state index is -0.320. The molecular formula is C23H19BrClFN2O3S. The average Bonchev–Trinajstić information content (AvgIpc) is 2.78. The number of benzene rings is 3. The fourth-order valence-electron chi connectivity index (χ4n) is 2.60. The van der Waals surface area contributed by atoms with E-state index in [-0.39, 0.29) is 24.1 Å². The van der Waals surface area contributed by atoms with Crippen LogP contribution in [0.3, 0.4) is 0 Å². The molecule has 5 nitrogen and oxygen atoms in total. The Balaban J connectivity index is 1.57. The Kier molecular flexibility index (Phi) is 8.96. The Bertz CT molecular complexity index is 1110. The zero-order chi connectivity index (χ0) is 22.9. The van der Waals surface area contributed by atoms with Gasteiger partial charge in [0.05, 0.1) is 19.1 Å². The van der Waals surface area contributed by atoms with Crippen LogP contribution in [0.2, 0.25) is 5.02 Å². The van der Waals surface area contributed by atoms with E-state index in [0.29, 0.717) is 32.1 Å². The first-order chi connectivity index (χ1) is 15.4. The lowest BCUT2D eigenvalue weighted by Crippen LogP contribution is -2.19. The van der Waals surface area contributed by atoms with E-state index < -0.39 is 0 Å². The number of carbonyl (C=O) groups excluding carboxylic acids is 1. The number of hydrazone groups is 1. The molecule has 0 aliphatic carbocycles. The molecule has 166 valence electrons. The number of nitrogens with zero attached hydrogens (tertiary/aromatic N) is 1. The van der Waals surface area contributed by atoms with Crippen LogP contribution in [0.5, 0.6) is 11.5 Å². The van der Waals surface area contributed by atoms with Gasteiger partial charge in [-0.1, -0.05) is 23.7 Å². The number of halogens is 3. The smallest absolute Gasteiger partial charge is 0.250 e. The van der Waals surface area contributed by atoms with Gasteiger partial charge in [-0.05, 0) is 70.0 Å². The summed E-state index contributed by atoms with van der Waals surface area (Å²) in [5.74, 6) is 0.634. The summed E-state index contributed by atoms with van der Waals surface area (Å²) in [6.45, 7) is 0.190. The molecule has 3 rings (SSSR count). The van der Waals surface area contributed by atoms with E-state index in [1.165, 1.54) is 37.2 Å². The van der Waals surface area contributed by atoms with E-state index in [2.05, 4.69) is 26.5 Å². The summed E-state index contributed by atoms with van der Waals surface area (Å²) >= 11 is 10.7. The van der Waals surface area contributed by atoms with Crippen LogP contribution < -0.4 is 14.9 Å². The van der Waals surface area contributed by atoms with E-state index >= 15 is 0 Å². The van der Waals surface area contributed by atoms with Crippen molar-refractivity contribution >= 4 is 51.4 Å². The van der Waals surface area contributed by atoms with Gasteiger partial charge in [-0.3, -0.25) is 4.79 Å². The summed E-state index contributed by atoms with van der Waals surface area (Å²) in [5, 5.41) is 4.66. The second-order valence-electron chi connectivity index (χ2n) is 6.48. The Morgan fingerprint density at radius 1 is 1.19 bits per heavy atom. The van der Waals surface area contributed by atoms with Crippen LogP contribution in [-0.2, 0) is 11.4 Å². The third kappa shape index (κ3) is 7.25. The third-order valence-corrected chi connectivity index (χ3v) is 6.09. The number of ether oxygens (including phenoxy) is 2. The second-order valence-corrected chi connectivity index (χ2v) is 8.82. The highest BCUT2D eigenvalue weighted by Crippen LogP contribution is 2.33. The van der Waals surface area contributed by atoms with Gasteiger partial charge < -0.3 is 9.47 Å². The van der Waals surface area contributed by atoms with E-state index in [9.17, 15) is 9.18 Å². The fraction of sp³-hybridized carbons (Fsp3) is 0.130. The van der Waals surface area contributed by atoms with Crippen LogP contribution in [0.4, 0.5) is 4.39 Å². The molecule has 9 heteroatoms. The lowest BCUT2D eigenvalue weighted by Gasteiger charge is -2.13. The van der Waals surface area contributed by atoms with Gasteiger partial charge in [-0.25, -0.2) is 9.82 Å². The van der Waals surface area contributed by atoms with E-state index in [1.54, 1.807) is 36.4 Å². The van der Waals surface area contributed by atoms with E-state index in [0.717, 1.165) is 4.90 Å². The maximum absolute atomic E-state index is 13.3. The SMILES string of the molecule is COc1cc(/C=N\NC(=O)CSc2ccc(Cl)cc2)c(Br)cc1OCc1cccc(F)c1. The molecule has 0 unspecified atom stereocenters. The molecule has 0 heterocycles. The monoisotopic (exact) mass is 536 g/mol. The molecule has 0 radical (unpaired) electrons. The summed E-state index contributed by atoms with van der Waals surface area (Å²) in [6, 6.07) is 16.9. The molecule has 1 N–H and O–H groups in total. The van der Waals surface area contributed by atoms with Crippen molar-refractivity contribution in [1.82, 2.24) is 5.43 Å². The predicted molar refractivity (Wildman–Crippen MR) is 129 cm³/mol. The number of rotatable bonds is 9. The highest BCUT2D eigenvalue weighted by atomic mass is 79.9. The standard InChI is InChI=1S/C23H19BrClFN2O3S/c1-30-21-10-16(12-27-28-23(29)14-32-19-7-5-17(25)6-8-19)20(24)11-22(21)31-13-15-3-2-4-18(26)9-15/h2-12H,13-14H2,1H3,(H,28,29)/b27-12-. The summed E-state index contributed by atoms with van der Waals surface area (Å²) < 4.78 is 25.2. The quantitative estimate of drug-likeness (QED) is 0.204. The van der Waals surface area contributed by atoms with Gasteiger partial charge in [-0.2, -0.15) is 5.10 Å².